The topological polar surface area (TPSA) is 58.1 Å². The second kappa shape index (κ2) is 6.87. The maximum absolute atomic E-state index is 12.1. The highest BCUT2D eigenvalue weighted by molar-refractivity contribution is 5.76. The first-order chi connectivity index (χ1) is 10.3. The van der Waals surface area contributed by atoms with E-state index in [1.165, 1.54) is 30.5 Å². The van der Waals surface area contributed by atoms with Gasteiger partial charge >= 0.3 is 0 Å². The van der Waals surface area contributed by atoms with E-state index in [0.29, 0.717) is 13.0 Å². The molecule has 1 aromatic rings. The molecule has 1 fully saturated rings. The zero-order valence-corrected chi connectivity index (χ0v) is 12.6. The van der Waals surface area contributed by atoms with Crippen LogP contribution < -0.4 is 5.32 Å². The fourth-order valence-corrected chi connectivity index (χ4v) is 3.26. The molecule has 0 spiro atoms. The Hall–Kier alpha value is -1.65. The van der Waals surface area contributed by atoms with E-state index in [-0.39, 0.29) is 5.91 Å². The maximum atomic E-state index is 12.1. The molecule has 0 bridgehead atoms. The third kappa shape index (κ3) is 3.52. The summed E-state index contributed by atoms with van der Waals surface area (Å²) in [6.07, 6.45) is 10.3. The van der Waals surface area contributed by atoms with Crippen LogP contribution in [-0.4, -0.2) is 40.4 Å². The number of nitrogens with one attached hydrogen (secondary N) is 1. The second-order valence-electron chi connectivity index (χ2n) is 5.97. The lowest BCUT2D eigenvalue weighted by Gasteiger charge is -2.27. The van der Waals surface area contributed by atoms with Crippen LogP contribution in [0.25, 0.3) is 0 Å². The summed E-state index contributed by atoms with van der Waals surface area (Å²) >= 11 is 0. The first-order valence-electron chi connectivity index (χ1n) is 8.19. The van der Waals surface area contributed by atoms with Crippen LogP contribution in [0.1, 0.15) is 49.8 Å². The monoisotopic (exact) mass is 288 g/mol. The Bertz CT molecular complexity index is 497. The molecule has 1 amide bonds. The van der Waals surface area contributed by atoms with E-state index in [2.05, 4.69) is 15.3 Å². The molecule has 3 rings (SSSR count). The molecule has 2 aliphatic rings. The number of fused-ring (bicyclic) bond motifs is 1. The van der Waals surface area contributed by atoms with Gasteiger partial charge in [0.05, 0.1) is 0 Å². The van der Waals surface area contributed by atoms with Gasteiger partial charge in [0, 0.05) is 37.3 Å². The predicted molar refractivity (Wildman–Crippen MR) is 82.2 cm³/mol. The summed E-state index contributed by atoms with van der Waals surface area (Å²) in [5, 5.41) is 3.34. The van der Waals surface area contributed by atoms with Crippen molar-refractivity contribution in [2.75, 3.05) is 25.0 Å². The summed E-state index contributed by atoms with van der Waals surface area (Å²) in [5.41, 5.74) is 2.44. The minimum Gasteiger partial charge on any atom is -0.369 e. The standard InChI is InChI=1S/C16H24N4O/c21-15(20-10-4-1-5-11-20)8-9-17-16-13-6-2-3-7-14(13)18-12-19-16/h12H,1-11H2,(H,17,18,19). The maximum Gasteiger partial charge on any atom is 0.224 e. The molecule has 5 heteroatoms. The molecule has 0 atom stereocenters. The van der Waals surface area contributed by atoms with E-state index in [1.807, 2.05) is 4.90 Å². The lowest BCUT2D eigenvalue weighted by molar-refractivity contribution is -0.131. The SMILES string of the molecule is O=C(CCNc1ncnc2c1CCCC2)N1CCCCC1. The number of likely N-dealkylation sites (tertiary alicyclic amines) is 1. The summed E-state index contributed by atoms with van der Waals surface area (Å²) in [7, 11) is 0. The molecule has 1 aliphatic carbocycles. The van der Waals surface area contributed by atoms with Crippen molar-refractivity contribution in [2.45, 2.75) is 51.4 Å². The average Bonchev–Trinajstić information content (AvgIpc) is 2.56. The number of hydrogen-bond donors (Lipinski definition) is 1. The molecule has 0 saturated carbocycles. The number of rotatable bonds is 4. The fourth-order valence-electron chi connectivity index (χ4n) is 3.26. The van der Waals surface area contributed by atoms with E-state index in [1.54, 1.807) is 6.33 Å². The van der Waals surface area contributed by atoms with Gasteiger partial charge in [0.1, 0.15) is 12.1 Å². The van der Waals surface area contributed by atoms with Crippen molar-refractivity contribution in [2.24, 2.45) is 0 Å². The highest BCUT2D eigenvalue weighted by atomic mass is 16.2. The lowest BCUT2D eigenvalue weighted by atomic mass is 9.96. The van der Waals surface area contributed by atoms with E-state index in [0.717, 1.165) is 44.6 Å². The number of carbonyl (C=O) groups excluding carboxylic acids is 1. The summed E-state index contributed by atoms with van der Waals surface area (Å²) in [5.74, 6) is 1.20. The lowest BCUT2D eigenvalue weighted by Crippen LogP contribution is -2.36. The van der Waals surface area contributed by atoms with Crippen LogP contribution in [0.15, 0.2) is 6.33 Å². The molecular formula is C16H24N4O. The van der Waals surface area contributed by atoms with Gasteiger partial charge in [-0.1, -0.05) is 0 Å². The number of carbonyl (C=O) groups is 1. The number of piperidine rings is 1. The van der Waals surface area contributed by atoms with E-state index >= 15 is 0 Å². The largest absolute Gasteiger partial charge is 0.369 e. The van der Waals surface area contributed by atoms with Crippen molar-refractivity contribution < 1.29 is 4.79 Å². The molecule has 2 heterocycles. The molecular weight excluding hydrogens is 264 g/mol. The van der Waals surface area contributed by atoms with Gasteiger partial charge in [-0.15, -0.1) is 0 Å². The smallest absolute Gasteiger partial charge is 0.224 e. The Morgan fingerprint density at radius 3 is 2.76 bits per heavy atom. The van der Waals surface area contributed by atoms with Crippen molar-refractivity contribution in [3.8, 4) is 0 Å². The quantitative estimate of drug-likeness (QED) is 0.922. The first-order valence-corrected chi connectivity index (χ1v) is 8.19. The van der Waals surface area contributed by atoms with Gasteiger partial charge in [0.15, 0.2) is 0 Å². The van der Waals surface area contributed by atoms with Crippen LogP contribution in [0.5, 0.6) is 0 Å². The Balaban J connectivity index is 1.52. The minimum absolute atomic E-state index is 0.269. The van der Waals surface area contributed by atoms with Crippen molar-refractivity contribution in [3.63, 3.8) is 0 Å². The zero-order chi connectivity index (χ0) is 14.5. The number of amides is 1. The summed E-state index contributed by atoms with van der Waals surface area (Å²) in [6, 6.07) is 0. The molecule has 0 aromatic carbocycles. The molecule has 114 valence electrons. The van der Waals surface area contributed by atoms with Crippen molar-refractivity contribution >= 4 is 11.7 Å². The Morgan fingerprint density at radius 2 is 1.90 bits per heavy atom. The third-order valence-corrected chi connectivity index (χ3v) is 4.47. The highest BCUT2D eigenvalue weighted by Crippen LogP contribution is 2.24. The molecule has 1 saturated heterocycles. The van der Waals surface area contributed by atoms with Crippen LogP contribution >= 0.6 is 0 Å². The predicted octanol–water partition coefficient (Wildman–Crippen LogP) is 2.17. The van der Waals surface area contributed by atoms with Gasteiger partial charge in [-0.25, -0.2) is 9.97 Å². The number of nitrogens with zero attached hydrogens (tertiary/aromatic N) is 3. The Morgan fingerprint density at radius 1 is 1.10 bits per heavy atom. The highest BCUT2D eigenvalue weighted by Gasteiger charge is 2.17. The van der Waals surface area contributed by atoms with Gasteiger partial charge in [0.25, 0.3) is 0 Å². The van der Waals surface area contributed by atoms with Crippen molar-refractivity contribution in [3.05, 3.63) is 17.6 Å². The molecule has 1 aromatic heterocycles. The van der Waals surface area contributed by atoms with Crippen molar-refractivity contribution in [1.82, 2.24) is 14.9 Å². The van der Waals surface area contributed by atoms with Gasteiger partial charge in [-0.05, 0) is 44.9 Å². The van der Waals surface area contributed by atoms with Crippen LogP contribution in [0.4, 0.5) is 5.82 Å². The third-order valence-electron chi connectivity index (χ3n) is 4.47. The molecule has 1 aliphatic heterocycles. The Labute approximate surface area is 126 Å². The van der Waals surface area contributed by atoms with Gasteiger partial charge in [0.2, 0.25) is 5.91 Å². The van der Waals surface area contributed by atoms with Crippen LogP contribution in [0.2, 0.25) is 0 Å². The summed E-state index contributed by atoms with van der Waals surface area (Å²) < 4.78 is 0. The van der Waals surface area contributed by atoms with Crippen LogP contribution in [0.3, 0.4) is 0 Å². The first kappa shape index (κ1) is 14.3. The molecule has 0 unspecified atom stereocenters. The fraction of sp³-hybridized carbons (Fsp3) is 0.688. The molecule has 0 radical (unpaired) electrons. The van der Waals surface area contributed by atoms with Gasteiger partial charge in [-0.3, -0.25) is 4.79 Å². The van der Waals surface area contributed by atoms with E-state index in [4.69, 9.17) is 0 Å². The van der Waals surface area contributed by atoms with Crippen molar-refractivity contribution in [1.29, 1.82) is 0 Å². The molecule has 1 N–H and O–H groups in total. The summed E-state index contributed by atoms with van der Waals surface area (Å²) in [6.45, 7) is 2.53. The average molecular weight is 288 g/mol. The number of aromatic nitrogens is 2. The number of anilines is 1. The van der Waals surface area contributed by atoms with Gasteiger partial charge < -0.3 is 10.2 Å². The Kier molecular flexibility index (Phi) is 4.68. The minimum atomic E-state index is 0.269. The molecule has 5 nitrogen and oxygen atoms in total. The van der Waals surface area contributed by atoms with Crippen LogP contribution in [0, 0.1) is 0 Å². The van der Waals surface area contributed by atoms with Gasteiger partial charge in [-0.2, -0.15) is 0 Å². The van der Waals surface area contributed by atoms with E-state index in [9.17, 15) is 4.79 Å². The zero-order valence-electron chi connectivity index (χ0n) is 12.6. The summed E-state index contributed by atoms with van der Waals surface area (Å²) in [4.78, 5) is 22.9. The molecule has 21 heavy (non-hydrogen) atoms. The normalized spacial score (nSPS) is 18.2. The second-order valence-corrected chi connectivity index (χ2v) is 5.97. The number of aryl methyl sites for hydroxylation is 1. The van der Waals surface area contributed by atoms with E-state index < -0.39 is 0 Å². The van der Waals surface area contributed by atoms with Crippen LogP contribution in [-0.2, 0) is 17.6 Å². The number of hydrogen-bond acceptors (Lipinski definition) is 4.